The van der Waals surface area contributed by atoms with Crippen molar-refractivity contribution in [3.05, 3.63) is 0 Å². The van der Waals surface area contributed by atoms with E-state index in [-0.39, 0.29) is 5.60 Å². The Morgan fingerprint density at radius 1 is 1.38 bits per heavy atom. The summed E-state index contributed by atoms with van der Waals surface area (Å²) in [4.78, 5) is 0. The van der Waals surface area contributed by atoms with Crippen LogP contribution in [0, 0.1) is 11.8 Å². The third-order valence-electron chi connectivity index (χ3n) is 3.80. The average Bonchev–Trinajstić information content (AvgIpc) is 2.02. The molecule has 3 unspecified atom stereocenters. The van der Waals surface area contributed by atoms with Crippen LogP contribution in [-0.4, -0.2) is 16.5 Å². The molecular formula is C11H20OS. The monoisotopic (exact) mass is 200 g/mol. The minimum Gasteiger partial charge on any atom is -0.390 e. The maximum Gasteiger partial charge on any atom is 0.0653 e. The molecule has 2 bridgehead atoms. The van der Waals surface area contributed by atoms with E-state index in [2.05, 4.69) is 12.6 Å². The van der Waals surface area contributed by atoms with Gasteiger partial charge in [0.05, 0.1) is 5.60 Å². The van der Waals surface area contributed by atoms with Crippen molar-refractivity contribution in [1.29, 1.82) is 0 Å². The highest BCUT2D eigenvalue weighted by Crippen LogP contribution is 2.46. The Kier molecular flexibility index (Phi) is 2.89. The second kappa shape index (κ2) is 3.82. The molecular weight excluding hydrogens is 180 g/mol. The molecule has 2 saturated carbocycles. The summed E-state index contributed by atoms with van der Waals surface area (Å²) in [6.07, 6.45) is 8.32. The molecule has 0 aromatic carbocycles. The lowest BCUT2D eigenvalue weighted by Gasteiger charge is -2.45. The zero-order chi connectivity index (χ0) is 9.31. The number of fused-ring (bicyclic) bond motifs is 2. The number of aliphatic hydroxyl groups is 1. The Labute approximate surface area is 86.3 Å². The minimum atomic E-state index is -0.283. The van der Waals surface area contributed by atoms with Gasteiger partial charge in [0.25, 0.3) is 0 Å². The molecule has 0 heterocycles. The van der Waals surface area contributed by atoms with Crippen molar-refractivity contribution in [2.75, 3.05) is 5.75 Å². The van der Waals surface area contributed by atoms with Gasteiger partial charge in [0, 0.05) is 0 Å². The van der Waals surface area contributed by atoms with Crippen LogP contribution >= 0.6 is 12.6 Å². The Hall–Kier alpha value is 0.310. The van der Waals surface area contributed by atoms with E-state index in [1.54, 1.807) is 0 Å². The fourth-order valence-corrected chi connectivity index (χ4v) is 3.71. The first-order valence-corrected chi connectivity index (χ1v) is 6.18. The molecule has 0 aromatic heterocycles. The molecule has 2 aliphatic carbocycles. The van der Waals surface area contributed by atoms with Gasteiger partial charge in [0.1, 0.15) is 0 Å². The molecule has 1 N–H and O–H groups in total. The maximum atomic E-state index is 10.3. The number of hydrogen-bond donors (Lipinski definition) is 2. The molecule has 2 rings (SSSR count). The molecule has 0 spiro atoms. The third kappa shape index (κ3) is 2.21. The standard InChI is InChI=1S/C11H20OS/c12-11-4-1-2-9(7-11)6-10(8-11)3-5-13/h9-10,12-13H,1-8H2. The first kappa shape index (κ1) is 9.85. The van der Waals surface area contributed by atoms with Crippen molar-refractivity contribution in [3.63, 3.8) is 0 Å². The smallest absolute Gasteiger partial charge is 0.0653 e. The highest BCUT2D eigenvalue weighted by Gasteiger charge is 2.41. The highest BCUT2D eigenvalue weighted by atomic mass is 32.1. The quantitative estimate of drug-likeness (QED) is 0.657. The molecule has 3 atom stereocenters. The zero-order valence-electron chi connectivity index (χ0n) is 8.21. The summed E-state index contributed by atoms with van der Waals surface area (Å²) in [6.45, 7) is 0. The van der Waals surface area contributed by atoms with Crippen molar-refractivity contribution in [2.45, 2.75) is 50.5 Å². The first-order valence-electron chi connectivity index (χ1n) is 5.55. The number of hydrogen-bond acceptors (Lipinski definition) is 2. The molecule has 0 aliphatic heterocycles. The predicted molar refractivity (Wildman–Crippen MR) is 58.1 cm³/mol. The highest BCUT2D eigenvalue weighted by molar-refractivity contribution is 7.80. The van der Waals surface area contributed by atoms with Gasteiger partial charge in [0.2, 0.25) is 0 Å². The molecule has 0 saturated heterocycles. The van der Waals surface area contributed by atoms with Crippen LogP contribution in [0.5, 0.6) is 0 Å². The third-order valence-corrected chi connectivity index (χ3v) is 4.05. The SMILES string of the molecule is OC12CCCC(CC(CCS)C1)C2. The van der Waals surface area contributed by atoms with Gasteiger partial charge in [-0.05, 0) is 49.7 Å². The van der Waals surface area contributed by atoms with Gasteiger partial charge in [0.15, 0.2) is 0 Å². The largest absolute Gasteiger partial charge is 0.390 e. The van der Waals surface area contributed by atoms with E-state index < -0.39 is 0 Å². The topological polar surface area (TPSA) is 20.2 Å². The van der Waals surface area contributed by atoms with Gasteiger partial charge in [-0.15, -0.1) is 0 Å². The van der Waals surface area contributed by atoms with Crippen LogP contribution in [-0.2, 0) is 0 Å². The van der Waals surface area contributed by atoms with Gasteiger partial charge in [-0.25, -0.2) is 0 Å². The van der Waals surface area contributed by atoms with Gasteiger partial charge in [-0.2, -0.15) is 12.6 Å². The van der Waals surface area contributed by atoms with Crippen molar-refractivity contribution < 1.29 is 5.11 Å². The summed E-state index contributed by atoms with van der Waals surface area (Å²) in [5, 5.41) is 10.3. The number of rotatable bonds is 2. The molecule has 13 heavy (non-hydrogen) atoms. The van der Waals surface area contributed by atoms with E-state index in [4.69, 9.17) is 0 Å². The molecule has 0 aromatic rings. The molecule has 0 radical (unpaired) electrons. The van der Waals surface area contributed by atoms with Crippen LogP contribution in [0.1, 0.15) is 44.9 Å². The van der Waals surface area contributed by atoms with Gasteiger partial charge in [-0.1, -0.05) is 12.8 Å². The molecule has 1 nitrogen and oxygen atoms in total. The molecule has 0 amide bonds. The maximum absolute atomic E-state index is 10.3. The van der Waals surface area contributed by atoms with E-state index in [1.807, 2.05) is 0 Å². The van der Waals surface area contributed by atoms with Crippen LogP contribution in [0.3, 0.4) is 0 Å². The molecule has 76 valence electrons. The predicted octanol–water partition coefficient (Wildman–Crippen LogP) is 2.64. The Morgan fingerprint density at radius 2 is 2.23 bits per heavy atom. The average molecular weight is 200 g/mol. The van der Waals surface area contributed by atoms with E-state index in [0.717, 1.165) is 36.9 Å². The minimum absolute atomic E-state index is 0.283. The van der Waals surface area contributed by atoms with Gasteiger partial charge < -0.3 is 5.11 Å². The van der Waals surface area contributed by atoms with Crippen LogP contribution < -0.4 is 0 Å². The second-order valence-corrected chi connectivity index (χ2v) is 5.45. The molecule has 2 aliphatic rings. The lowest BCUT2D eigenvalue weighted by Crippen LogP contribution is -2.42. The summed E-state index contributed by atoms with van der Waals surface area (Å²) in [5.41, 5.74) is -0.283. The summed E-state index contributed by atoms with van der Waals surface area (Å²) in [5.74, 6) is 2.55. The van der Waals surface area contributed by atoms with Crippen molar-refractivity contribution in [2.24, 2.45) is 11.8 Å². The summed E-state index contributed by atoms with van der Waals surface area (Å²) in [6, 6.07) is 0. The number of thiol groups is 1. The fourth-order valence-electron chi connectivity index (χ4n) is 3.34. The van der Waals surface area contributed by atoms with E-state index in [1.165, 1.54) is 25.7 Å². The summed E-state index contributed by atoms with van der Waals surface area (Å²) >= 11 is 4.28. The van der Waals surface area contributed by atoms with Crippen LogP contribution in [0.25, 0.3) is 0 Å². The first-order chi connectivity index (χ1) is 6.22. The Bertz CT molecular complexity index is 183. The van der Waals surface area contributed by atoms with Crippen LogP contribution in [0.2, 0.25) is 0 Å². The summed E-state index contributed by atoms with van der Waals surface area (Å²) < 4.78 is 0. The van der Waals surface area contributed by atoms with Crippen LogP contribution in [0.4, 0.5) is 0 Å². The lowest BCUT2D eigenvalue weighted by molar-refractivity contribution is -0.0673. The van der Waals surface area contributed by atoms with E-state index in [0.29, 0.717) is 0 Å². The van der Waals surface area contributed by atoms with E-state index in [9.17, 15) is 5.11 Å². The van der Waals surface area contributed by atoms with Gasteiger partial charge in [-0.3, -0.25) is 0 Å². The van der Waals surface area contributed by atoms with Crippen molar-refractivity contribution >= 4 is 12.6 Å². The fraction of sp³-hybridized carbons (Fsp3) is 1.00. The van der Waals surface area contributed by atoms with E-state index >= 15 is 0 Å². The van der Waals surface area contributed by atoms with Crippen LogP contribution in [0.15, 0.2) is 0 Å². The van der Waals surface area contributed by atoms with Crippen molar-refractivity contribution in [3.8, 4) is 0 Å². The second-order valence-electron chi connectivity index (χ2n) is 5.00. The Balaban J connectivity index is 1.98. The molecule has 2 heteroatoms. The lowest BCUT2D eigenvalue weighted by atomic mass is 9.65. The molecule has 2 fully saturated rings. The zero-order valence-corrected chi connectivity index (χ0v) is 9.10. The normalized spacial score (nSPS) is 44.8. The van der Waals surface area contributed by atoms with Gasteiger partial charge >= 0.3 is 0 Å². The summed E-state index contributed by atoms with van der Waals surface area (Å²) in [7, 11) is 0. The van der Waals surface area contributed by atoms with Crippen molar-refractivity contribution in [1.82, 2.24) is 0 Å². The Morgan fingerprint density at radius 3 is 2.92 bits per heavy atom.